The van der Waals surface area contributed by atoms with Crippen LogP contribution in [0.5, 0.6) is 0 Å². The molecule has 1 aliphatic heterocycles. The lowest BCUT2D eigenvalue weighted by molar-refractivity contribution is 0.0920. The standard InChI is InChI=1S/C14H16N4O3/c19-13(11-6-16-14(20)18-11)17-12-8-21-7-10(12)5-9-1-3-15-4-2-9/h1-4,6,10,12H,5,7-8H2,(H,17,19)(H2,16,18,20)/t10-,12+/m1/s1. The zero-order valence-electron chi connectivity index (χ0n) is 11.3. The molecular weight excluding hydrogens is 272 g/mol. The van der Waals surface area contributed by atoms with E-state index in [1.54, 1.807) is 12.4 Å². The van der Waals surface area contributed by atoms with E-state index >= 15 is 0 Å². The molecule has 2 aromatic heterocycles. The van der Waals surface area contributed by atoms with Gasteiger partial charge in [-0.15, -0.1) is 0 Å². The van der Waals surface area contributed by atoms with Gasteiger partial charge in [-0.1, -0.05) is 0 Å². The molecule has 0 radical (unpaired) electrons. The Labute approximate surface area is 120 Å². The van der Waals surface area contributed by atoms with Gasteiger partial charge in [0.25, 0.3) is 5.91 Å². The average molecular weight is 288 g/mol. The largest absolute Gasteiger partial charge is 0.379 e. The summed E-state index contributed by atoms with van der Waals surface area (Å²) in [6.07, 6.45) is 5.69. The Kier molecular flexibility index (Phi) is 3.83. The van der Waals surface area contributed by atoms with Crippen molar-refractivity contribution in [3.63, 3.8) is 0 Å². The fourth-order valence-electron chi connectivity index (χ4n) is 2.48. The van der Waals surface area contributed by atoms with Crippen molar-refractivity contribution in [1.29, 1.82) is 0 Å². The minimum absolute atomic E-state index is 0.0657. The van der Waals surface area contributed by atoms with Crippen LogP contribution in [0.25, 0.3) is 0 Å². The number of aromatic nitrogens is 3. The molecule has 2 atom stereocenters. The van der Waals surface area contributed by atoms with Gasteiger partial charge in [0.05, 0.1) is 19.3 Å². The normalized spacial score (nSPS) is 21.3. The van der Waals surface area contributed by atoms with Gasteiger partial charge in [-0.25, -0.2) is 4.79 Å². The van der Waals surface area contributed by atoms with Gasteiger partial charge in [-0.05, 0) is 24.1 Å². The minimum atomic E-state index is -0.392. The summed E-state index contributed by atoms with van der Waals surface area (Å²) in [6.45, 7) is 1.09. The third kappa shape index (κ3) is 3.19. The van der Waals surface area contributed by atoms with E-state index in [-0.39, 0.29) is 23.6 Å². The molecule has 3 heterocycles. The van der Waals surface area contributed by atoms with Gasteiger partial charge in [0.15, 0.2) is 0 Å². The van der Waals surface area contributed by atoms with Crippen molar-refractivity contribution in [3.8, 4) is 0 Å². The first kappa shape index (κ1) is 13.6. The number of rotatable bonds is 4. The van der Waals surface area contributed by atoms with E-state index < -0.39 is 5.69 Å². The van der Waals surface area contributed by atoms with Crippen molar-refractivity contribution < 1.29 is 9.53 Å². The Morgan fingerprint density at radius 3 is 2.90 bits per heavy atom. The van der Waals surface area contributed by atoms with Crippen LogP contribution in [0.15, 0.2) is 35.5 Å². The second-order valence-electron chi connectivity index (χ2n) is 5.09. The van der Waals surface area contributed by atoms with Crippen LogP contribution >= 0.6 is 0 Å². The third-order valence-corrected chi connectivity index (χ3v) is 3.60. The monoisotopic (exact) mass is 288 g/mol. The summed E-state index contributed by atoms with van der Waals surface area (Å²) >= 11 is 0. The summed E-state index contributed by atoms with van der Waals surface area (Å²) in [5.74, 6) is -0.0920. The predicted octanol–water partition coefficient (Wildman–Crippen LogP) is 0.0855. The van der Waals surface area contributed by atoms with Crippen LogP contribution in [0.4, 0.5) is 0 Å². The third-order valence-electron chi connectivity index (χ3n) is 3.60. The number of H-pyrrole nitrogens is 2. The highest BCUT2D eigenvalue weighted by atomic mass is 16.5. The summed E-state index contributed by atoms with van der Waals surface area (Å²) in [6, 6.07) is 3.85. The van der Waals surface area contributed by atoms with Crippen molar-refractivity contribution in [1.82, 2.24) is 20.3 Å². The molecule has 7 nitrogen and oxygen atoms in total. The first-order chi connectivity index (χ1) is 10.2. The second kappa shape index (κ2) is 5.92. The molecule has 0 saturated carbocycles. The van der Waals surface area contributed by atoms with Gasteiger partial charge in [-0.2, -0.15) is 0 Å². The second-order valence-corrected chi connectivity index (χ2v) is 5.09. The maximum absolute atomic E-state index is 12.0. The maximum Gasteiger partial charge on any atom is 0.323 e. The molecule has 0 spiro atoms. The van der Waals surface area contributed by atoms with Gasteiger partial charge in [0, 0.05) is 24.5 Å². The first-order valence-corrected chi connectivity index (χ1v) is 6.77. The van der Waals surface area contributed by atoms with E-state index in [4.69, 9.17) is 4.74 Å². The number of imidazole rings is 1. The molecular formula is C14H16N4O3. The Bertz CT molecular complexity index is 664. The molecule has 0 aliphatic carbocycles. The number of carbonyl (C=O) groups excluding carboxylic acids is 1. The summed E-state index contributed by atoms with van der Waals surface area (Å²) in [7, 11) is 0. The van der Waals surface area contributed by atoms with Gasteiger partial charge in [0.2, 0.25) is 0 Å². The average Bonchev–Trinajstić information content (AvgIpc) is 3.10. The van der Waals surface area contributed by atoms with Gasteiger partial charge < -0.3 is 20.0 Å². The molecule has 7 heteroatoms. The van der Waals surface area contributed by atoms with Crippen molar-refractivity contribution in [2.24, 2.45) is 5.92 Å². The van der Waals surface area contributed by atoms with Crippen molar-refractivity contribution in [2.45, 2.75) is 12.5 Å². The molecule has 1 aliphatic rings. The van der Waals surface area contributed by atoms with Crippen LogP contribution in [0.1, 0.15) is 16.1 Å². The van der Waals surface area contributed by atoms with Crippen LogP contribution < -0.4 is 11.0 Å². The highest BCUT2D eigenvalue weighted by Crippen LogP contribution is 2.19. The fraction of sp³-hybridized carbons (Fsp3) is 0.357. The zero-order chi connectivity index (χ0) is 14.7. The van der Waals surface area contributed by atoms with Crippen molar-refractivity contribution in [3.05, 3.63) is 52.5 Å². The summed E-state index contributed by atoms with van der Waals surface area (Å²) < 4.78 is 5.47. The molecule has 0 aromatic carbocycles. The predicted molar refractivity (Wildman–Crippen MR) is 74.9 cm³/mol. The molecule has 3 N–H and O–H groups in total. The smallest absolute Gasteiger partial charge is 0.323 e. The Balaban J connectivity index is 1.64. The molecule has 2 aromatic rings. The number of hydrogen-bond acceptors (Lipinski definition) is 4. The molecule has 0 bridgehead atoms. The number of aromatic amines is 2. The van der Waals surface area contributed by atoms with Crippen LogP contribution in [0.3, 0.4) is 0 Å². The molecule has 110 valence electrons. The first-order valence-electron chi connectivity index (χ1n) is 6.77. The maximum atomic E-state index is 12.0. The fourth-order valence-corrected chi connectivity index (χ4v) is 2.48. The zero-order valence-corrected chi connectivity index (χ0v) is 11.3. The van der Waals surface area contributed by atoms with Gasteiger partial charge >= 0.3 is 5.69 Å². The number of carbonyl (C=O) groups is 1. The minimum Gasteiger partial charge on any atom is -0.379 e. The number of nitrogens with one attached hydrogen (secondary N) is 3. The van der Waals surface area contributed by atoms with Crippen LogP contribution in [0.2, 0.25) is 0 Å². The Morgan fingerprint density at radius 2 is 2.19 bits per heavy atom. The lowest BCUT2D eigenvalue weighted by Crippen LogP contribution is -2.40. The van der Waals surface area contributed by atoms with E-state index in [9.17, 15) is 9.59 Å². The van der Waals surface area contributed by atoms with Crippen LogP contribution in [-0.4, -0.2) is 40.1 Å². The van der Waals surface area contributed by atoms with Crippen LogP contribution in [0, 0.1) is 5.92 Å². The van der Waals surface area contributed by atoms with E-state index in [1.165, 1.54) is 6.20 Å². The molecule has 0 unspecified atom stereocenters. The van der Waals surface area contributed by atoms with E-state index in [2.05, 4.69) is 20.3 Å². The molecule has 3 rings (SSSR count). The van der Waals surface area contributed by atoms with Crippen molar-refractivity contribution >= 4 is 5.91 Å². The number of amides is 1. The van der Waals surface area contributed by atoms with E-state index in [0.717, 1.165) is 12.0 Å². The molecule has 1 saturated heterocycles. The molecule has 21 heavy (non-hydrogen) atoms. The number of nitrogens with zero attached hydrogens (tertiary/aromatic N) is 1. The summed E-state index contributed by atoms with van der Waals surface area (Å²) in [4.78, 5) is 31.9. The van der Waals surface area contributed by atoms with Gasteiger partial charge in [0.1, 0.15) is 5.69 Å². The molecule has 1 fully saturated rings. The number of hydrogen-bond donors (Lipinski definition) is 3. The van der Waals surface area contributed by atoms with Gasteiger partial charge in [-0.3, -0.25) is 9.78 Å². The molecule has 1 amide bonds. The van der Waals surface area contributed by atoms with E-state index in [0.29, 0.717) is 13.2 Å². The Hall–Kier alpha value is -2.41. The number of ether oxygens (including phenoxy) is 1. The Morgan fingerprint density at radius 1 is 1.38 bits per heavy atom. The SMILES string of the molecule is O=C(N[C@H]1COC[C@H]1Cc1ccncc1)c1c[nH]c(=O)[nH]1. The lowest BCUT2D eigenvalue weighted by Gasteiger charge is -2.18. The van der Waals surface area contributed by atoms with E-state index in [1.807, 2.05) is 12.1 Å². The lowest BCUT2D eigenvalue weighted by atomic mass is 9.95. The topological polar surface area (TPSA) is 99.9 Å². The highest BCUT2D eigenvalue weighted by molar-refractivity contribution is 5.92. The number of pyridine rings is 1. The highest BCUT2D eigenvalue weighted by Gasteiger charge is 2.30. The summed E-state index contributed by atoms with van der Waals surface area (Å²) in [5, 5.41) is 2.91. The summed E-state index contributed by atoms with van der Waals surface area (Å²) in [5.41, 5.74) is 1.00. The quantitative estimate of drug-likeness (QED) is 0.742. The van der Waals surface area contributed by atoms with Crippen LogP contribution in [-0.2, 0) is 11.2 Å². The van der Waals surface area contributed by atoms with Crippen molar-refractivity contribution in [2.75, 3.05) is 13.2 Å².